The molecule has 1 heterocycles. The van der Waals surface area contributed by atoms with Crippen LogP contribution in [0.2, 0.25) is 0 Å². The minimum Gasteiger partial charge on any atom is -0.469 e. The largest absolute Gasteiger partial charge is 0.469 e. The molecule has 0 saturated heterocycles. The van der Waals surface area contributed by atoms with Crippen molar-refractivity contribution in [3.05, 3.63) is 29.7 Å². The molecule has 2 rings (SSSR count). The minimum atomic E-state index is -0.354. The summed E-state index contributed by atoms with van der Waals surface area (Å²) in [6.45, 7) is 0. The lowest BCUT2D eigenvalue weighted by atomic mass is 10.2. The molecule has 0 bridgehead atoms. The van der Waals surface area contributed by atoms with Crippen LogP contribution in [0.1, 0.15) is 11.5 Å². The molecule has 0 atom stereocenters. The Kier molecular flexibility index (Phi) is 3.24. The first-order chi connectivity index (χ1) is 7.72. The van der Waals surface area contributed by atoms with Gasteiger partial charge in [0, 0.05) is 5.33 Å². The molecule has 1 aromatic heterocycles. The zero-order valence-electron chi connectivity index (χ0n) is 8.70. The zero-order chi connectivity index (χ0) is 11.5. The third-order valence-electron chi connectivity index (χ3n) is 2.17. The SMILES string of the molecule is COC(=O)Cc1nc2cc(CBr)ccc2o1. The normalized spacial score (nSPS) is 10.6. The number of ether oxygens (including phenoxy) is 1. The van der Waals surface area contributed by atoms with Crippen molar-refractivity contribution in [2.24, 2.45) is 0 Å². The first kappa shape index (κ1) is 11.1. The molecule has 4 nitrogen and oxygen atoms in total. The number of hydrogen-bond donors (Lipinski definition) is 0. The Morgan fingerprint density at radius 2 is 2.38 bits per heavy atom. The number of esters is 1. The molecule has 0 amide bonds. The van der Waals surface area contributed by atoms with Gasteiger partial charge in [-0.15, -0.1) is 0 Å². The number of fused-ring (bicyclic) bond motifs is 1. The van der Waals surface area contributed by atoms with Crippen molar-refractivity contribution in [3.8, 4) is 0 Å². The molecule has 2 aromatic rings. The summed E-state index contributed by atoms with van der Waals surface area (Å²) in [5.74, 6) is 0.0286. The van der Waals surface area contributed by atoms with E-state index in [-0.39, 0.29) is 12.4 Å². The molecule has 0 spiro atoms. The van der Waals surface area contributed by atoms with Gasteiger partial charge in [0.05, 0.1) is 7.11 Å². The number of benzene rings is 1. The van der Waals surface area contributed by atoms with E-state index in [1.54, 1.807) is 0 Å². The van der Waals surface area contributed by atoms with E-state index < -0.39 is 0 Å². The number of halogens is 1. The van der Waals surface area contributed by atoms with E-state index in [1.807, 2.05) is 18.2 Å². The van der Waals surface area contributed by atoms with Gasteiger partial charge in [-0.25, -0.2) is 4.98 Å². The maximum Gasteiger partial charge on any atom is 0.314 e. The fourth-order valence-electron chi connectivity index (χ4n) is 1.38. The summed E-state index contributed by atoms with van der Waals surface area (Å²) in [4.78, 5) is 15.3. The summed E-state index contributed by atoms with van der Waals surface area (Å²) in [7, 11) is 1.34. The highest BCUT2D eigenvalue weighted by molar-refractivity contribution is 9.08. The number of methoxy groups -OCH3 is 1. The molecule has 0 aliphatic heterocycles. The molecule has 0 N–H and O–H groups in total. The lowest BCUT2D eigenvalue weighted by Crippen LogP contribution is -2.04. The lowest BCUT2D eigenvalue weighted by Gasteiger charge is -1.92. The number of alkyl halides is 1. The maximum absolute atomic E-state index is 11.1. The highest BCUT2D eigenvalue weighted by Gasteiger charge is 2.10. The highest BCUT2D eigenvalue weighted by Crippen LogP contribution is 2.19. The quantitative estimate of drug-likeness (QED) is 0.641. The van der Waals surface area contributed by atoms with Gasteiger partial charge in [-0.3, -0.25) is 4.79 Å². The van der Waals surface area contributed by atoms with Crippen molar-refractivity contribution >= 4 is 33.0 Å². The van der Waals surface area contributed by atoms with Gasteiger partial charge in [-0.2, -0.15) is 0 Å². The van der Waals surface area contributed by atoms with Gasteiger partial charge in [0.2, 0.25) is 5.89 Å². The van der Waals surface area contributed by atoms with Crippen LogP contribution in [0.3, 0.4) is 0 Å². The number of carbonyl (C=O) groups excluding carboxylic acids is 1. The standard InChI is InChI=1S/C11H10BrNO3/c1-15-11(14)5-10-13-8-4-7(6-12)2-3-9(8)16-10/h2-4H,5-6H2,1H3. The number of hydrogen-bond acceptors (Lipinski definition) is 4. The summed E-state index contributed by atoms with van der Waals surface area (Å²) in [6.07, 6.45) is 0.0643. The van der Waals surface area contributed by atoms with Gasteiger partial charge < -0.3 is 9.15 Å². The van der Waals surface area contributed by atoms with Gasteiger partial charge in [-0.05, 0) is 17.7 Å². The number of oxazole rings is 1. The smallest absolute Gasteiger partial charge is 0.314 e. The van der Waals surface area contributed by atoms with Crippen LogP contribution in [0.4, 0.5) is 0 Å². The van der Waals surface area contributed by atoms with Crippen molar-refractivity contribution in [3.63, 3.8) is 0 Å². The molecule has 5 heteroatoms. The van der Waals surface area contributed by atoms with Crippen LogP contribution in [0, 0.1) is 0 Å². The second kappa shape index (κ2) is 4.65. The van der Waals surface area contributed by atoms with E-state index in [4.69, 9.17) is 4.42 Å². The summed E-state index contributed by atoms with van der Waals surface area (Å²) in [6, 6.07) is 5.72. The van der Waals surface area contributed by atoms with Crippen molar-refractivity contribution in [1.82, 2.24) is 4.98 Å². The summed E-state index contributed by atoms with van der Waals surface area (Å²) >= 11 is 3.37. The predicted octanol–water partition coefficient (Wildman–Crippen LogP) is 2.44. The fourth-order valence-corrected chi connectivity index (χ4v) is 1.72. The molecule has 0 saturated carbocycles. The van der Waals surface area contributed by atoms with Crippen molar-refractivity contribution < 1.29 is 13.9 Å². The van der Waals surface area contributed by atoms with Crippen LogP contribution in [-0.2, 0) is 21.3 Å². The third-order valence-corrected chi connectivity index (χ3v) is 2.82. The molecule has 0 fully saturated rings. The van der Waals surface area contributed by atoms with Crippen LogP contribution in [0.5, 0.6) is 0 Å². The van der Waals surface area contributed by atoms with Crippen molar-refractivity contribution in [1.29, 1.82) is 0 Å². The molecular formula is C11H10BrNO3. The number of aromatic nitrogens is 1. The van der Waals surface area contributed by atoms with E-state index in [2.05, 4.69) is 25.7 Å². The van der Waals surface area contributed by atoms with Gasteiger partial charge in [0.15, 0.2) is 5.58 Å². The average molecular weight is 284 g/mol. The molecule has 0 unspecified atom stereocenters. The summed E-state index contributed by atoms with van der Waals surface area (Å²) in [5.41, 5.74) is 2.56. The van der Waals surface area contributed by atoms with Gasteiger partial charge in [-0.1, -0.05) is 22.0 Å². The van der Waals surface area contributed by atoms with Gasteiger partial charge in [0.25, 0.3) is 0 Å². The van der Waals surface area contributed by atoms with E-state index in [9.17, 15) is 4.79 Å². The lowest BCUT2D eigenvalue weighted by molar-refractivity contribution is -0.140. The molecule has 1 aromatic carbocycles. The first-order valence-electron chi connectivity index (χ1n) is 4.74. The minimum absolute atomic E-state index is 0.0643. The van der Waals surface area contributed by atoms with Crippen LogP contribution < -0.4 is 0 Å². The average Bonchev–Trinajstić information content (AvgIpc) is 2.69. The molecule has 0 aliphatic carbocycles. The molecule has 0 radical (unpaired) electrons. The van der Waals surface area contributed by atoms with E-state index in [0.29, 0.717) is 11.5 Å². The zero-order valence-corrected chi connectivity index (χ0v) is 10.3. The van der Waals surface area contributed by atoms with E-state index in [0.717, 1.165) is 16.4 Å². The maximum atomic E-state index is 11.1. The van der Waals surface area contributed by atoms with Crippen molar-refractivity contribution in [2.75, 3.05) is 7.11 Å². The molecular weight excluding hydrogens is 274 g/mol. The fraction of sp³-hybridized carbons (Fsp3) is 0.273. The van der Waals surface area contributed by atoms with Gasteiger partial charge >= 0.3 is 5.97 Å². The third kappa shape index (κ3) is 2.24. The number of nitrogens with zero attached hydrogens (tertiary/aromatic N) is 1. The predicted molar refractivity (Wildman–Crippen MR) is 62.4 cm³/mol. The Bertz CT molecular complexity index is 521. The van der Waals surface area contributed by atoms with Gasteiger partial charge in [0.1, 0.15) is 11.9 Å². The Hall–Kier alpha value is -1.36. The summed E-state index contributed by atoms with van der Waals surface area (Å²) in [5, 5.41) is 0.766. The Balaban J connectivity index is 2.32. The molecule has 84 valence electrons. The highest BCUT2D eigenvalue weighted by atomic mass is 79.9. The monoisotopic (exact) mass is 283 g/mol. The first-order valence-corrected chi connectivity index (χ1v) is 5.86. The van der Waals surface area contributed by atoms with E-state index >= 15 is 0 Å². The number of carbonyl (C=O) groups is 1. The van der Waals surface area contributed by atoms with E-state index in [1.165, 1.54) is 7.11 Å². The van der Waals surface area contributed by atoms with Crippen LogP contribution in [-0.4, -0.2) is 18.1 Å². The topological polar surface area (TPSA) is 52.3 Å². The second-order valence-corrected chi connectivity index (χ2v) is 3.86. The van der Waals surface area contributed by atoms with Crippen LogP contribution >= 0.6 is 15.9 Å². The molecule has 16 heavy (non-hydrogen) atoms. The Morgan fingerprint density at radius 3 is 3.06 bits per heavy atom. The van der Waals surface area contributed by atoms with Crippen LogP contribution in [0.25, 0.3) is 11.1 Å². The van der Waals surface area contributed by atoms with Crippen molar-refractivity contribution in [2.45, 2.75) is 11.8 Å². The van der Waals surface area contributed by atoms with Crippen LogP contribution in [0.15, 0.2) is 22.6 Å². The Labute approximate surface area is 101 Å². The summed E-state index contributed by atoms with van der Waals surface area (Å²) < 4.78 is 9.96. The number of rotatable bonds is 3. The molecule has 0 aliphatic rings. The second-order valence-electron chi connectivity index (χ2n) is 3.30. The Morgan fingerprint density at radius 1 is 1.56 bits per heavy atom.